The zero-order valence-corrected chi connectivity index (χ0v) is 13.7. The summed E-state index contributed by atoms with van der Waals surface area (Å²) in [6, 6.07) is 9.56. The fourth-order valence-electron chi connectivity index (χ4n) is 2.53. The Kier molecular flexibility index (Phi) is 3.33. The molecule has 8 heteroatoms. The summed E-state index contributed by atoms with van der Waals surface area (Å²) in [5, 5.41) is 13.1. The van der Waals surface area contributed by atoms with Crippen molar-refractivity contribution in [3.63, 3.8) is 0 Å². The van der Waals surface area contributed by atoms with Crippen LogP contribution in [0.4, 0.5) is 0 Å². The number of para-hydroxylation sites is 1. The Morgan fingerprint density at radius 2 is 1.96 bits per heavy atom. The van der Waals surface area contributed by atoms with Gasteiger partial charge in [0.2, 0.25) is 5.16 Å². The minimum atomic E-state index is -0.124. The Balaban J connectivity index is 1.87. The molecule has 0 bridgehead atoms. The standard InChI is InChI=1S/C15H16N6OS/c1-10-13(20-15(16-17-18-20)23-12-8-9-12)14(22)21(19(10)2)11-6-4-3-5-7-11/h3-7,12H,8-9H2,1-2H3. The molecule has 1 aliphatic carbocycles. The lowest BCUT2D eigenvalue weighted by atomic mass is 10.3. The zero-order chi connectivity index (χ0) is 16.0. The van der Waals surface area contributed by atoms with Gasteiger partial charge in [0, 0.05) is 12.3 Å². The summed E-state index contributed by atoms with van der Waals surface area (Å²) in [4.78, 5) is 13.0. The fraction of sp³-hybridized carbons (Fsp3) is 0.333. The van der Waals surface area contributed by atoms with Crippen molar-refractivity contribution in [2.75, 3.05) is 0 Å². The Bertz CT molecular complexity index is 906. The molecule has 0 N–H and O–H groups in total. The number of rotatable bonds is 4. The van der Waals surface area contributed by atoms with Crippen LogP contribution in [0.2, 0.25) is 0 Å². The van der Waals surface area contributed by atoms with Crippen LogP contribution in [0, 0.1) is 6.92 Å². The van der Waals surface area contributed by atoms with Crippen molar-refractivity contribution < 1.29 is 0 Å². The summed E-state index contributed by atoms with van der Waals surface area (Å²) in [7, 11) is 1.87. The third kappa shape index (κ3) is 2.39. The second kappa shape index (κ2) is 5.38. The number of hydrogen-bond acceptors (Lipinski definition) is 5. The summed E-state index contributed by atoms with van der Waals surface area (Å²) in [5.74, 6) is 0. The topological polar surface area (TPSA) is 70.5 Å². The van der Waals surface area contributed by atoms with E-state index < -0.39 is 0 Å². The van der Waals surface area contributed by atoms with E-state index in [1.165, 1.54) is 12.8 Å². The monoisotopic (exact) mass is 328 g/mol. The first-order chi connectivity index (χ1) is 11.2. The van der Waals surface area contributed by atoms with Crippen molar-refractivity contribution in [1.29, 1.82) is 0 Å². The molecule has 1 aromatic carbocycles. The van der Waals surface area contributed by atoms with E-state index in [0.29, 0.717) is 16.1 Å². The van der Waals surface area contributed by atoms with Gasteiger partial charge in [-0.2, -0.15) is 4.68 Å². The maximum absolute atomic E-state index is 13.0. The normalized spacial score (nSPS) is 14.3. The van der Waals surface area contributed by atoms with E-state index in [-0.39, 0.29) is 5.56 Å². The molecule has 1 fully saturated rings. The Morgan fingerprint density at radius 1 is 1.22 bits per heavy atom. The largest absolute Gasteiger partial charge is 0.297 e. The lowest BCUT2D eigenvalue weighted by Crippen LogP contribution is -2.22. The zero-order valence-electron chi connectivity index (χ0n) is 12.9. The van der Waals surface area contributed by atoms with Crippen molar-refractivity contribution >= 4 is 11.8 Å². The van der Waals surface area contributed by atoms with Crippen molar-refractivity contribution in [3.8, 4) is 11.4 Å². The fourth-order valence-corrected chi connectivity index (χ4v) is 3.51. The molecule has 7 nitrogen and oxygen atoms in total. The number of hydrogen-bond donors (Lipinski definition) is 0. The van der Waals surface area contributed by atoms with Gasteiger partial charge in [-0.1, -0.05) is 30.0 Å². The highest BCUT2D eigenvalue weighted by Crippen LogP contribution is 2.38. The molecular formula is C15H16N6OS. The molecule has 1 saturated carbocycles. The Hall–Kier alpha value is -2.35. The van der Waals surface area contributed by atoms with E-state index >= 15 is 0 Å². The average molecular weight is 328 g/mol. The number of benzene rings is 1. The molecule has 0 unspecified atom stereocenters. The number of tetrazole rings is 1. The van der Waals surface area contributed by atoms with Gasteiger partial charge in [0.1, 0.15) is 0 Å². The smallest absolute Gasteiger partial charge is 0.283 e. The Labute approximate surface area is 136 Å². The first-order valence-electron chi connectivity index (χ1n) is 7.46. The predicted molar refractivity (Wildman–Crippen MR) is 87.3 cm³/mol. The SMILES string of the molecule is Cc1c(-n2nnnc2SC2CC2)c(=O)n(-c2ccccc2)n1C. The molecule has 23 heavy (non-hydrogen) atoms. The van der Waals surface area contributed by atoms with Gasteiger partial charge in [0.25, 0.3) is 5.56 Å². The van der Waals surface area contributed by atoms with Crippen LogP contribution in [0.25, 0.3) is 11.4 Å². The molecule has 0 spiro atoms. The highest BCUT2D eigenvalue weighted by Gasteiger charge is 2.28. The highest BCUT2D eigenvalue weighted by atomic mass is 32.2. The maximum Gasteiger partial charge on any atom is 0.297 e. The van der Waals surface area contributed by atoms with E-state index in [4.69, 9.17) is 0 Å². The summed E-state index contributed by atoms with van der Waals surface area (Å²) >= 11 is 1.64. The van der Waals surface area contributed by atoms with Crippen LogP contribution in [-0.4, -0.2) is 34.8 Å². The van der Waals surface area contributed by atoms with E-state index in [0.717, 1.165) is 11.4 Å². The quantitative estimate of drug-likeness (QED) is 0.729. The maximum atomic E-state index is 13.0. The lowest BCUT2D eigenvalue weighted by Gasteiger charge is -2.07. The molecule has 1 aliphatic rings. The lowest BCUT2D eigenvalue weighted by molar-refractivity contribution is 0.630. The van der Waals surface area contributed by atoms with Gasteiger partial charge in [-0.3, -0.25) is 9.48 Å². The molecule has 0 atom stereocenters. The second-order valence-electron chi connectivity index (χ2n) is 5.60. The molecule has 2 heterocycles. The van der Waals surface area contributed by atoms with Crippen molar-refractivity contribution in [3.05, 3.63) is 46.4 Å². The first kappa shape index (κ1) is 14.3. The molecular weight excluding hydrogens is 312 g/mol. The molecule has 118 valence electrons. The molecule has 3 aromatic rings. The van der Waals surface area contributed by atoms with Crippen LogP contribution in [0.3, 0.4) is 0 Å². The third-order valence-corrected chi connectivity index (χ3v) is 5.24. The van der Waals surface area contributed by atoms with Gasteiger partial charge in [-0.05, 0) is 42.3 Å². The number of thioether (sulfide) groups is 1. The summed E-state index contributed by atoms with van der Waals surface area (Å²) < 4.78 is 5.04. The Morgan fingerprint density at radius 3 is 2.65 bits per heavy atom. The van der Waals surface area contributed by atoms with Crippen LogP contribution in [0.1, 0.15) is 18.5 Å². The van der Waals surface area contributed by atoms with E-state index in [1.807, 2.05) is 49.0 Å². The van der Waals surface area contributed by atoms with Crippen LogP contribution in [-0.2, 0) is 7.05 Å². The van der Waals surface area contributed by atoms with E-state index in [2.05, 4.69) is 15.5 Å². The van der Waals surface area contributed by atoms with Crippen LogP contribution >= 0.6 is 11.8 Å². The summed E-state index contributed by atoms with van der Waals surface area (Å²) in [6.45, 7) is 1.91. The third-order valence-electron chi connectivity index (χ3n) is 3.97. The first-order valence-corrected chi connectivity index (χ1v) is 8.34. The summed E-state index contributed by atoms with van der Waals surface area (Å²) in [5.41, 5.74) is 2.02. The number of aromatic nitrogens is 6. The van der Waals surface area contributed by atoms with Crippen molar-refractivity contribution in [1.82, 2.24) is 29.6 Å². The van der Waals surface area contributed by atoms with Gasteiger partial charge in [-0.25, -0.2) is 4.68 Å². The molecule has 2 aromatic heterocycles. The van der Waals surface area contributed by atoms with E-state index in [9.17, 15) is 4.79 Å². The van der Waals surface area contributed by atoms with Crippen molar-refractivity contribution in [2.24, 2.45) is 7.05 Å². The molecule has 0 radical (unpaired) electrons. The molecule has 0 aliphatic heterocycles. The summed E-state index contributed by atoms with van der Waals surface area (Å²) in [6.07, 6.45) is 2.36. The van der Waals surface area contributed by atoms with Gasteiger partial charge in [0.15, 0.2) is 5.69 Å². The molecule has 0 amide bonds. The van der Waals surface area contributed by atoms with Crippen molar-refractivity contribution in [2.45, 2.75) is 30.2 Å². The van der Waals surface area contributed by atoms with Crippen LogP contribution < -0.4 is 5.56 Å². The minimum Gasteiger partial charge on any atom is -0.283 e. The second-order valence-corrected chi connectivity index (χ2v) is 6.87. The molecule has 0 saturated heterocycles. The highest BCUT2D eigenvalue weighted by molar-refractivity contribution is 8.00. The van der Waals surface area contributed by atoms with Gasteiger partial charge < -0.3 is 0 Å². The predicted octanol–water partition coefficient (Wildman–Crippen LogP) is 1.71. The van der Waals surface area contributed by atoms with Gasteiger partial charge in [-0.15, -0.1) is 5.10 Å². The van der Waals surface area contributed by atoms with Gasteiger partial charge >= 0.3 is 0 Å². The van der Waals surface area contributed by atoms with Crippen LogP contribution in [0.15, 0.2) is 40.3 Å². The minimum absolute atomic E-state index is 0.124. The van der Waals surface area contributed by atoms with Crippen LogP contribution in [0.5, 0.6) is 0 Å². The van der Waals surface area contributed by atoms with Gasteiger partial charge in [0.05, 0.1) is 11.4 Å². The average Bonchev–Trinajstić information content (AvgIpc) is 3.21. The molecule has 4 rings (SSSR count). The number of nitrogens with zero attached hydrogens (tertiary/aromatic N) is 6. The van der Waals surface area contributed by atoms with E-state index in [1.54, 1.807) is 21.1 Å².